The summed E-state index contributed by atoms with van der Waals surface area (Å²) in [4.78, 5) is 16.5. The van der Waals surface area contributed by atoms with E-state index in [-0.39, 0.29) is 5.91 Å². The van der Waals surface area contributed by atoms with E-state index >= 15 is 0 Å². The number of nitriles is 1. The van der Waals surface area contributed by atoms with E-state index in [1.54, 1.807) is 0 Å². The highest BCUT2D eigenvalue weighted by Gasteiger charge is 2.17. The molecule has 1 saturated heterocycles. The monoisotopic (exact) mass is 314 g/mol. The second kappa shape index (κ2) is 9.29. The Bertz CT molecular complexity index is 535. The van der Waals surface area contributed by atoms with Crippen LogP contribution in [0.1, 0.15) is 30.9 Å². The highest BCUT2D eigenvalue weighted by molar-refractivity contribution is 5.77. The zero-order valence-corrected chi connectivity index (χ0v) is 13.9. The largest absolute Gasteiger partial charge is 0.355 e. The summed E-state index contributed by atoms with van der Waals surface area (Å²) in [6.45, 7) is 8.16. The summed E-state index contributed by atoms with van der Waals surface area (Å²) in [5, 5.41) is 11.8. The minimum absolute atomic E-state index is 0.132. The van der Waals surface area contributed by atoms with E-state index in [2.05, 4.69) is 28.1 Å². The van der Waals surface area contributed by atoms with Gasteiger partial charge >= 0.3 is 0 Å². The minimum atomic E-state index is 0.132. The molecule has 1 fully saturated rings. The van der Waals surface area contributed by atoms with E-state index < -0.39 is 0 Å². The van der Waals surface area contributed by atoms with E-state index in [0.29, 0.717) is 12.1 Å². The molecule has 23 heavy (non-hydrogen) atoms. The van der Waals surface area contributed by atoms with Crippen LogP contribution in [0.3, 0.4) is 0 Å². The molecule has 1 amide bonds. The number of nitrogens with zero attached hydrogens (tertiary/aromatic N) is 3. The molecule has 0 unspecified atom stereocenters. The van der Waals surface area contributed by atoms with Gasteiger partial charge in [0.05, 0.1) is 18.2 Å². The molecule has 0 spiro atoms. The molecule has 0 atom stereocenters. The van der Waals surface area contributed by atoms with Crippen LogP contribution in [0.25, 0.3) is 0 Å². The van der Waals surface area contributed by atoms with Crippen molar-refractivity contribution in [3.63, 3.8) is 0 Å². The van der Waals surface area contributed by atoms with Gasteiger partial charge in [0, 0.05) is 26.2 Å². The smallest absolute Gasteiger partial charge is 0.234 e. The van der Waals surface area contributed by atoms with Gasteiger partial charge in [-0.1, -0.05) is 19.1 Å². The Morgan fingerprint density at radius 3 is 2.57 bits per heavy atom. The molecular weight excluding hydrogens is 288 g/mol. The Hall–Kier alpha value is -1.90. The third-order valence-electron chi connectivity index (χ3n) is 4.11. The number of hydrogen-bond acceptors (Lipinski definition) is 4. The third kappa shape index (κ3) is 6.01. The van der Waals surface area contributed by atoms with Gasteiger partial charge in [0.1, 0.15) is 0 Å². The normalized spacial score (nSPS) is 16.5. The summed E-state index contributed by atoms with van der Waals surface area (Å²) < 4.78 is 0. The van der Waals surface area contributed by atoms with Crippen LogP contribution in [0.15, 0.2) is 24.3 Å². The van der Waals surface area contributed by atoms with Crippen LogP contribution in [-0.2, 0) is 11.3 Å². The molecule has 0 saturated carbocycles. The first-order valence-corrected chi connectivity index (χ1v) is 8.41. The van der Waals surface area contributed by atoms with E-state index in [9.17, 15) is 4.79 Å². The molecule has 1 aromatic carbocycles. The van der Waals surface area contributed by atoms with Crippen molar-refractivity contribution in [1.29, 1.82) is 5.26 Å². The van der Waals surface area contributed by atoms with Gasteiger partial charge in [-0.05, 0) is 43.6 Å². The van der Waals surface area contributed by atoms with E-state index in [4.69, 9.17) is 5.26 Å². The second-order valence-corrected chi connectivity index (χ2v) is 6.06. The average molecular weight is 314 g/mol. The molecule has 2 rings (SSSR count). The molecule has 0 radical (unpaired) electrons. The maximum atomic E-state index is 11.8. The van der Waals surface area contributed by atoms with Gasteiger partial charge in [-0.2, -0.15) is 5.26 Å². The maximum absolute atomic E-state index is 11.8. The van der Waals surface area contributed by atoms with Gasteiger partial charge in [0.15, 0.2) is 0 Å². The molecule has 1 heterocycles. The Labute approximate surface area is 138 Å². The Balaban J connectivity index is 1.79. The molecule has 1 aromatic rings. The lowest BCUT2D eigenvalue weighted by Crippen LogP contribution is -2.39. The quantitative estimate of drug-likeness (QED) is 0.866. The van der Waals surface area contributed by atoms with Gasteiger partial charge in [-0.3, -0.25) is 14.6 Å². The summed E-state index contributed by atoms with van der Waals surface area (Å²) in [6, 6.07) is 9.95. The van der Waals surface area contributed by atoms with Crippen molar-refractivity contribution >= 4 is 5.91 Å². The zero-order valence-electron chi connectivity index (χ0n) is 13.9. The van der Waals surface area contributed by atoms with Crippen LogP contribution in [0.2, 0.25) is 0 Å². The molecule has 0 aromatic heterocycles. The number of carbonyl (C=O) groups excluding carboxylic acids is 1. The SMILES string of the molecule is CCCNC(=O)CN1CCCN(Cc2ccc(C#N)cc2)CC1. The van der Waals surface area contributed by atoms with Crippen LogP contribution in [0.4, 0.5) is 0 Å². The first-order chi connectivity index (χ1) is 11.2. The predicted molar refractivity (Wildman–Crippen MR) is 90.8 cm³/mol. The number of hydrogen-bond donors (Lipinski definition) is 1. The molecular formula is C18H26N4O. The lowest BCUT2D eigenvalue weighted by Gasteiger charge is -2.21. The summed E-state index contributed by atoms with van der Waals surface area (Å²) in [5.74, 6) is 0.132. The number of nitrogens with one attached hydrogen (secondary N) is 1. The van der Waals surface area contributed by atoms with Crippen molar-refractivity contribution in [3.8, 4) is 6.07 Å². The van der Waals surface area contributed by atoms with Crippen molar-refractivity contribution < 1.29 is 4.79 Å². The van der Waals surface area contributed by atoms with E-state index in [1.807, 2.05) is 24.3 Å². The van der Waals surface area contributed by atoms with Crippen LogP contribution in [0.5, 0.6) is 0 Å². The van der Waals surface area contributed by atoms with E-state index in [0.717, 1.165) is 52.1 Å². The Kier molecular flexibility index (Phi) is 7.05. The minimum Gasteiger partial charge on any atom is -0.355 e. The molecule has 1 aliphatic rings. The van der Waals surface area contributed by atoms with Crippen molar-refractivity contribution in [2.45, 2.75) is 26.3 Å². The van der Waals surface area contributed by atoms with Crippen molar-refractivity contribution in [1.82, 2.24) is 15.1 Å². The Morgan fingerprint density at radius 1 is 1.17 bits per heavy atom. The second-order valence-electron chi connectivity index (χ2n) is 6.06. The summed E-state index contributed by atoms with van der Waals surface area (Å²) in [5.41, 5.74) is 1.94. The molecule has 5 heteroatoms. The first-order valence-electron chi connectivity index (χ1n) is 8.41. The van der Waals surface area contributed by atoms with Crippen molar-refractivity contribution in [2.75, 3.05) is 39.3 Å². The van der Waals surface area contributed by atoms with Gasteiger partial charge in [-0.25, -0.2) is 0 Å². The standard InChI is InChI=1S/C18H26N4O/c1-2-8-20-18(23)15-22-10-3-9-21(11-12-22)14-17-6-4-16(13-19)5-7-17/h4-7H,2-3,8-12,14-15H2,1H3,(H,20,23). The van der Waals surface area contributed by atoms with Crippen LogP contribution in [-0.4, -0.2) is 55.0 Å². The fraction of sp³-hybridized carbons (Fsp3) is 0.556. The topological polar surface area (TPSA) is 59.4 Å². The van der Waals surface area contributed by atoms with E-state index in [1.165, 1.54) is 5.56 Å². The van der Waals surface area contributed by atoms with Crippen LogP contribution in [0, 0.1) is 11.3 Å². The molecule has 124 valence electrons. The average Bonchev–Trinajstić information content (AvgIpc) is 2.79. The zero-order chi connectivity index (χ0) is 16.5. The summed E-state index contributed by atoms with van der Waals surface area (Å²) >= 11 is 0. The third-order valence-corrected chi connectivity index (χ3v) is 4.11. The van der Waals surface area contributed by atoms with Crippen molar-refractivity contribution in [3.05, 3.63) is 35.4 Å². The first kappa shape index (κ1) is 17.5. The lowest BCUT2D eigenvalue weighted by molar-refractivity contribution is -0.122. The predicted octanol–water partition coefficient (Wildman–Crippen LogP) is 1.59. The molecule has 1 N–H and O–H groups in total. The molecule has 1 aliphatic heterocycles. The van der Waals surface area contributed by atoms with Crippen molar-refractivity contribution in [2.24, 2.45) is 0 Å². The molecule has 0 aliphatic carbocycles. The Morgan fingerprint density at radius 2 is 1.87 bits per heavy atom. The van der Waals surface area contributed by atoms with Gasteiger partial charge in [0.25, 0.3) is 0 Å². The highest BCUT2D eigenvalue weighted by atomic mass is 16.2. The van der Waals surface area contributed by atoms with Crippen LogP contribution >= 0.6 is 0 Å². The summed E-state index contributed by atoms with van der Waals surface area (Å²) in [6.07, 6.45) is 2.06. The number of carbonyl (C=O) groups is 1. The fourth-order valence-electron chi connectivity index (χ4n) is 2.81. The molecule has 5 nitrogen and oxygen atoms in total. The fourth-order valence-corrected chi connectivity index (χ4v) is 2.81. The van der Waals surface area contributed by atoms with Gasteiger partial charge in [0.2, 0.25) is 5.91 Å². The number of amides is 1. The molecule has 0 bridgehead atoms. The van der Waals surface area contributed by atoms with Gasteiger partial charge < -0.3 is 5.32 Å². The summed E-state index contributed by atoms with van der Waals surface area (Å²) in [7, 11) is 0. The van der Waals surface area contributed by atoms with Crippen LogP contribution < -0.4 is 5.32 Å². The highest BCUT2D eigenvalue weighted by Crippen LogP contribution is 2.10. The maximum Gasteiger partial charge on any atom is 0.234 e. The number of benzene rings is 1. The number of rotatable bonds is 6. The lowest BCUT2D eigenvalue weighted by atomic mass is 10.1. The van der Waals surface area contributed by atoms with Gasteiger partial charge in [-0.15, -0.1) is 0 Å².